The molecule has 1 aromatic carbocycles. The fraction of sp³-hybridized carbons (Fsp3) is 0.167. The zero-order valence-electron chi connectivity index (χ0n) is 8.70. The smallest absolute Gasteiger partial charge is 0.295 e. The van der Waals surface area contributed by atoms with Crippen molar-refractivity contribution in [1.29, 1.82) is 0 Å². The summed E-state index contributed by atoms with van der Waals surface area (Å²) in [4.78, 5) is 0. The number of furan rings is 1. The minimum absolute atomic E-state index is 0.133. The normalized spacial score (nSPS) is 10.8. The van der Waals surface area contributed by atoms with Crippen LogP contribution in [-0.4, -0.2) is 0 Å². The Morgan fingerprint density at radius 3 is 2.41 bits per heavy atom. The van der Waals surface area contributed by atoms with Gasteiger partial charge in [-0.05, 0) is 36.4 Å². The Hall–Kier alpha value is -1.36. The van der Waals surface area contributed by atoms with Crippen LogP contribution < -0.4 is 4.74 Å². The van der Waals surface area contributed by atoms with Gasteiger partial charge in [0.15, 0.2) is 5.76 Å². The van der Waals surface area contributed by atoms with E-state index < -0.39 is 6.43 Å². The number of hydrogen-bond acceptors (Lipinski definition) is 2. The summed E-state index contributed by atoms with van der Waals surface area (Å²) in [6, 6.07) is 9.97. The average molecular weight is 303 g/mol. The first-order valence-electron chi connectivity index (χ1n) is 4.90. The Balaban J connectivity index is 1.95. The number of alkyl halides is 2. The largest absolute Gasteiger partial charge is 0.486 e. The lowest BCUT2D eigenvalue weighted by Gasteiger charge is -2.03. The first-order chi connectivity index (χ1) is 8.15. The highest BCUT2D eigenvalue weighted by molar-refractivity contribution is 9.10. The predicted molar refractivity (Wildman–Crippen MR) is 62.1 cm³/mol. The van der Waals surface area contributed by atoms with Crippen molar-refractivity contribution >= 4 is 15.9 Å². The molecule has 2 nitrogen and oxygen atoms in total. The van der Waals surface area contributed by atoms with Crippen molar-refractivity contribution in [3.8, 4) is 5.75 Å². The molecular formula is C12H9BrF2O2. The van der Waals surface area contributed by atoms with Crippen molar-refractivity contribution in [3.63, 3.8) is 0 Å². The number of benzene rings is 1. The van der Waals surface area contributed by atoms with Crippen LogP contribution in [0.4, 0.5) is 8.78 Å². The number of rotatable bonds is 4. The van der Waals surface area contributed by atoms with Crippen LogP contribution in [0, 0.1) is 0 Å². The second kappa shape index (κ2) is 5.31. The lowest BCUT2D eigenvalue weighted by Crippen LogP contribution is -1.93. The van der Waals surface area contributed by atoms with E-state index >= 15 is 0 Å². The summed E-state index contributed by atoms with van der Waals surface area (Å²) in [7, 11) is 0. The number of halogens is 3. The highest BCUT2D eigenvalue weighted by Gasteiger charge is 2.12. The molecule has 0 aliphatic carbocycles. The topological polar surface area (TPSA) is 22.4 Å². The van der Waals surface area contributed by atoms with E-state index in [1.54, 1.807) is 12.1 Å². The highest BCUT2D eigenvalue weighted by atomic mass is 79.9. The SMILES string of the molecule is FC(F)c1ccc(COc2ccc(Br)cc2)o1. The summed E-state index contributed by atoms with van der Waals surface area (Å²) in [5, 5.41) is 0. The second-order valence-corrected chi connectivity index (χ2v) is 4.26. The zero-order valence-corrected chi connectivity index (χ0v) is 10.3. The second-order valence-electron chi connectivity index (χ2n) is 3.35. The van der Waals surface area contributed by atoms with Crippen LogP contribution in [0.25, 0.3) is 0 Å². The van der Waals surface area contributed by atoms with Gasteiger partial charge in [0.2, 0.25) is 0 Å². The van der Waals surface area contributed by atoms with Gasteiger partial charge in [0.1, 0.15) is 18.1 Å². The molecule has 0 aliphatic heterocycles. The highest BCUT2D eigenvalue weighted by Crippen LogP contribution is 2.22. The van der Waals surface area contributed by atoms with E-state index in [0.717, 1.165) is 4.47 Å². The number of ether oxygens (including phenoxy) is 1. The Bertz CT molecular complexity index is 480. The Kier molecular flexibility index (Phi) is 3.78. The van der Waals surface area contributed by atoms with Gasteiger partial charge in [-0.2, -0.15) is 0 Å². The summed E-state index contributed by atoms with van der Waals surface area (Å²) in [6.07, 6.45) is -2.59. The van der Waals surface area contributed by atoms with Gasteiger partial charge in [-0.15, -0.1) is 0 Å². The van der Waals surface area contributed by atoms with Crippen LogP contribution >= 0.6 is 15.9 Å². The predicted octanol–water partition coefficient (Wildman–Crippen LogP) is 4.56. The third-order valence-corrected chi connectivity index (χ3v) is 2.62. The quantitative estimate of drug-likeness (QED) is 0.826. The zero-order chi connectivity index (χ0) is 12.3. The van der Waals surface area contributed by atoms with Crippen molar-refractivity contribution in [2.45, 2.75) is 13.0 Å². The minimum Gasteiger partial charge on any atom is -0.486 e. The van der Waals surface area contributed by atoms with E-state index in [2.05, 4.69) is 15.9 Å². The molecule has 5 heteroatoms. The molecule has 1 aromatic heterocycles. The molecule has 0 N–H and O–H groups in total. The van der Waals surface area contributed by atoms with Crippen molar-refractivity contribution in [2.75, 3.05) is 0 Å². The summed E-state index contributed by atoms with van der Waals surface area (Å²) in [5.41, 5.74) is 0. The van der Waals surface area contributed by atoms with Crippen LogP contribution in [0.1, 0.15) is 17.9 Å². The molecule has 0 saturated heterocycles. The van der Waals surface area contributed by atoms with E-state index in [0.29, 0.717) is 11.5 Å². The molecule has 2 aromatic rings. The van der Waals surface area contributed by atoms with E-state index in [1.807, 2.05) is 12.1 Å². The van der Waals surface area contributed by atoms with Crippen LogP contribution in [0.15, 0.2) is 45.3 Å². The van der Waals surface area contributed by atoms with Gasteiger partial charge in [-0.25, -0.2) is 8.78 Å². The van der Waals surface area contributed by atoms with Crippen LogP contribution in [0.3, 0.4) is 0 Å². The maximum absolute atomic E-state index is 12.2. The summed E-state index contributed by atoms with van der Waals surface area (Å²) < 4.78 is 35.7. The molecule has 0 amide bonds. The van der Waals surface area contributed by atoms with Crippen molar-refractivity contribution in [3.05, 3.63) is 52.4 Å². The molecule has 17 heavy (non-hydrogen) atoms. The Morgan fingerprint density at radius 2 is 1.82 bits per heavy atom. The van der Waals surface area contributed by atoms with Gasteiger partial charge in [-0.1, -0.05) is 15.9 Å². The molecule has 0 fully saturated rings. The van der Waals surface area contributed by atoms with E-state index in [9.17, 15) is 8.78 Å². The molecule has 0 bridgehead atoms. The molecule has 0 atom stereocenters. The molecule has 0 unspecified atom stereocenters. The summed E-state index contributed by atoms with van der Waals surface area (Å²) in [5.74, 6) is 0.700. The van der Waals surface area contributed by atoms with E-state index in [1.165, 1.54) is 12.1 Å². The molecule has 0 aliphatic rings. The Morgan fingerprint density at radius 1 is 1.12 bits per heavy atom. The summed E-state index contributed by atoms with van der Waals surface area (Å²) >= 11 is 3.30. The molecule has 2 rings (SSSR count). The maximum Gasteiger partial charge on any atom is 0.295 e. The van der Waals surface area contributed by atoms with Gasteiger partial charge in [0, 0.05) is 4.47 Å². The van der Waals surface area contributed by atoms with Gasteiger partial charge in [-0.3, -0.25) is 0 Å². The van der Waals surface area contributed by atoms with Gasteiger partial charge < -0.3 is 9.15 Å². The first kappa shape index (κ1) is 12.1. The molecular weight excluding hydrogens is 294 g/mol. The molecule has 0 spiro atoms. The molecule has 90 valence electrons. The fourth-order valence-electron chi connectivity index (χ4n) is 1.27. The van der Waals surface area contributed by atoms with Crippen LogP contribution in [0.2, 0.25) is 0 Å². The van der Waals surface area contributed by atoms with Crippen LogP contribution in [0.5, 0.6) is 5.75 Å². The van der Waals surface area contributed by atoms with Gasteiger partial charge >= 0.3 is 0 Å². The lowest BCUT2D eigenvalue weighted by molar-refractivity contribution is 0.117. The van der Waals surface area contributed by atoms with Crippen molar-refractivity contribution < 1.29 is 17.9 Å². The standard InChI is InChI=1S/C12H9BrF2O2/c13-8-1-3-9(4-2-8)16-7-10-5-6-11(17-10)12(14)15/h1-6,12H,7H2. The van der Waals surface area contributed by atoms with Crippen LogP contribution in [-0.2, 0) is 6.61 Å². The van der Waals surface area contributed by atoms with Crippen molar-refractivity contribution in [2.24, 2.45) is 0 Å². The van der Waals surface area contributed by atoms with Gasteiger partial charge in [0.25, 0.3) is 6.43 Å². The van der Waals surface area contributed by atoms with Crippen molar-refractivity contribution in [1.82, 2.24) is 0 Å². The first-order valence-corrected chi connectivity index (χ1v) is 5.69. The minimum atomic E-state index is -2.59. The number of hydrogen-bond donors (Lipinski definition) is 0. The summed E-state index contributed by atoms with van der Waals surface area (Å²) in [6.45, 7) is 0.133. The van der Waals surface area contributed by atoms with E-state index in [4.69, 9.17) is 9.15 Å². The van der Waals surface area contributed by atoms with E-state index in [-0.39, 0.29) is 12.4 Å². The maximum atomic E-state index is 12.2. The molecule has 1 heterocycles. The third kappa shape index (κ3) is 3.30. The Labute approximate surface area is 105 Å². The lowest BCUT2D eigenvalue weighted by atomic mass is 10.3. The molecule has 0 radical (unpaired) electrons. The third-order valence-electron chi connectivity index (χ3n) is 2.09. The molecule has 0 saturated carbocycles. The van der Waals surface area contributed by atoms with Gasteiger partial charge in [0.05, 0.1) is 0 Å². The fourth-order valence-corrected chi connectivity index (χ4v) is 1.54. The monoisotopic (exact) mass is 302 g/mol. The average Bonchev–Trinajstić information content (AvgIpc) is 2.77.